The fourth-order valence-corrected chi connectivity index (χ4v) is 1.92. The van der Waals surface area contributed by atoms with Crippen LogP contribution in [-0.4, -0.2) is 17.7 Å². The third kappa shape index (κ3) is 5.08. The van der Waals surface area contributed by atoms with Crippen molar-refractivity contribution in [3.05, 3.63) is 42.5 Å². The topological polar surface area (TPSA) is 38.3 Å². The molecule has 1 amide bonds. The largest absolute Gasteiger partial charge is 0.444 e. The Bertz CT molecular complexity index is 458. The minimum Gasteiger partial charge on any atom is -0.444 e. The number of carbonyl (C=O) groups excluding carboxylic acids is 1. The third-order valence-corrected chi connectivity index (χ3v) is 2.86. The Morgan fingerprint density at radius 3 is 2.20 bits per heavy atom. The van der Waals surface area contributed by atoms with Crippen molar-refractivity contribution in [2.45, 2.75) is 46.3 Å². The van der Waals surface area contributed by atoms with E-state index in [1.807, 2.05) is 51.1 Å². The third-order valence-electron chi connectivity index (χ3n) is 2.86. The molecule has 0 aliphatic rings. The fourth-order valence-electron chi connectivity index (χ4n) is 1.92. The Balaban J connectivity index is 2.80. The van der Waals surface area contributed by atoms with Crippen molar-refractivity contribution < 1.29 is 9.53 Å². The van der Waals surface area contributed by atoms with E-state index in [0.717, 1.165) is 11.1 Å². The van der Waals surface area contributed by atoms with E-state index in [1.54, 1.807) is 0 Å². The molecule has 3 nitrogen and oxygen atoms in total. The Morgan fingerprint density at radius 2 is 1.75 bits per heavy atom. The van der Waals surface area contributed by atoms with Crippen LogP contribution < -0.4 is 5.32 Å². The van der Waals surface area contributed by atoms with E-state index < -0.39 is 11.7 Å². The highest BCUT2D eigenvalue weighted by molar-refractivity contribution is 5.75. The monoisotopic (exact) mass is 275 g/mol. The number of amides is 1. The molecule has 0 saturated carbocycles. The Hall–Kier alpha value is -1.77. The maximum atomic E-state index is 11.9. The average Bonchev–Trinajstić information content (AvgIpc) is 2.34. The normalized spacial score (nSPS) is 12.9. The Kier molecular flexibility index (Phi) is 5.37. The number of benzene rings is 1. The average molecular weight is 275 g/mol. The molecule has 0 saturated heterocycles. The zero-order valence-electron chi connectivity index (χ0n) is 13.1. The van der Waals surface area contributed by atoms with Crippen molar-refractivity contribution in [3.63, 3.8) is 0 Å². The molecule has 1 N–H and O–H groups in total. The van der Waals surface area contributed by atoms with Gasteiger partial charge in [-0.05, 0) is 37.8 Å². The van der Waals surface area contributed by atoms with Gasteiger partial charge in [-0.1, -0.05) is 50.8 Å². The maximum Gasteiger partial charge on any atom is 0.408 e. The highest BCUT2D eigenvalue weighted by Crippen LogP contribution is 2.22. The maximum absolute atomic E-state index is 11.9. The van der Waals surface area contributed by atoms with Crippen molar-refractivity contribution in [2.75, 3.05) is 0 Å². The zero-order chi connectivity index (χ0) is 15.3. The molecular formula is C17H25NO2. The molecule has 1 rings (SSSR count). The summed E-state index contributed by atoms with van der Waals surface area (Å²) in [7, 11) is 0. The summed E-state index contributed by atoms with van der Waals surface area (Å²) < 4.78 is 5.31. The van der Waals surface area contributed by atoms with Gasteiger partial charge in [0.05, 0.1) is 6.04 Å². The number of rotatable bonds is 4. The van der Waals surface area contributed by atoms with Gasteiger partial charge in [0.2, 0.25) is 0 Å². The van der Waals surface area contributed by atoms with Crippen molar-refractivity contribution >= 4 is 11.7 Å². The smallest absolute Gasteiger partial charge is 0.408 e. The quantitative estimate of drug-likeness (QED) is 0.892. The molecule has 1 aromatic carbocycles. The molecule has 20 heavy (non-hydrogen) atoms. The van der Waals surface area contributed by atoms with Crippen LogP contribution in [0.15, 0.2) is 36.9 Å². The molecular weight excluding hydrogens is 250 g/mol. The van der Waals surface area contributed by atoms with Gasteiger partial charge >= 0.3 is 6.09 Å². The van der Waals surface area contributed by atoms with Gasteiger partial charge in [-0.25, -0.2) is 4.79 Å². The first kappa shape index (κ1) is 16.3. The predicted molar refractivity (Wildman–Crippen MR) is 83.5 cm³/mol. The van der Waals surface area contributed by atoms with Crippen LogP contribution in [0.4, 0.5) is 4.79 Å². The lowest BCUT2D eigenvalue weighted by Gasteiger charge is -2.27. The zero-order valence-corrected chi connectivity index (χ0v) is 13.1. The first-order valence-corrected chi connectivity index (χ1v) is 6.94. The highest BCUT2D eigenvalue weighted by Gasteiger charge is 2.23. The summed E-state index contributed by atoms with van der Waals surface area (Å²) in [6, 6.07) is 9.73. The lowest BCUT2D eigenvalue weighted by Crippen LogP contribution is -2.42. The van der Waals surface area contributed by atoms with E-state index in [0.29, 0.717) is 0 Å². The van der Waals surface area contributed by atoms with Crippen LogP contribution in [0.5, 0.6) is 0 Å². The number of carbonyl (C=O) groups is 1. The van der Waals surface area contributed by atoms with Crippen LogP contribution in [0, 0.1) is 5.92 Å². The molecule has 1 unspecified atom stereocenters. The fraction of sp³-hybridized carbons (Fsp3) is 0.471. The van der Waals surface area contributed by atoms with Crippen molar-refractivity contribution in [1.29, 1.82) is 0 Å². The van der Waals surface area contributed by atoms with E-state index in [4.69, 9.17) is 4.74 Å². The summed E-state index contributed by atoms with van der Waals surface area (Å²) in [4.78, 5) is 11.9. The van der Waals surface area contributed by atoms with Gasteiger partial charge in [0.1, 0.15) is 5.60 Å². The van der Waals surface area contributed by atoms with E-state index >= 15 is 0 Å². The molecule has 1 atom stereocenters. The summed E-state index contributed by atoms with van der Waals surface area (Å²) in [6.07, 6.45) is -0.409. The molecule has 0 fully saturated rings. The second kappa shape index (κ2) is 6.60. The Morgan fingerprint density at radius 1 is 1.20 bits per heavy atom. The molecule has 3 heteroatoms. The summed E-state index contributed by atoms with van der Waals surface area (Å²) >= 11 is 0. The number of alkyl carbamates (subject to hydrolysis) is 1. The van der Waals surface area contributed by atoms with Gasteiger partial charge in [0, 0.05) is 0 Å². The van der Waals surface area contributed by atoms with Gasteiger partial charge < -0.3 is 10.1 Å². The van der Waals surface area contributed by atoms with E-state index in [9.17, 15) is 4.79 Å². The predicted octanol–water partition coefficient (Wildman–Crippen LogP) is 4.25. The number of ether oxygens (including phenoxy) is 1. The highest BCUT2D eigenvalue weighted by atomic mass is 16.6. The summed E-state index contributed by atoms with van der Waals surface area (Å²) in [5.41, 5.74) is 1.42. The van der Waals surface area contributed by atoms with Crippen LogP contribution >= 0.6 is 0 Å². The minimum atomic E-state index is -0.500. The first-order chi connectivity index (χ1) is 9.20. The minimum absolute atomic E-state index is 0.146. The molecule has 0 aliphatic carbocycles. The lowest BCUT2D eigenvalue weighted by atomic mass is 9.92. The van der Waals surface area contributed by atoms with Gasteiger partial charge in [-0.2, -0.15) is 0 Å². The molecule has 0 spiro atoms. The summed E-state index contributed by atoms with van der Waals surface area (Å²) in [5.74, 6) is 0.232. The van der Waals surface area contributed by atoms with Gasteiger partial charge in [-0.15, -0.1) is 0 Å². The van der Waals surface area contributed by atoms with Gasteiger partial charge in [0.25, 0.3) is 0 Å². The molecule has 0 aliphatic heterocycles. The second-order valence-corrected chi connectivity index (χ2v) is 6.26. The van der Waals surface area contributed by atoms with Crippen molar-refractivity contribution in [2.24, 2.45) is 5.92 Å². The van der Waals surface area contributed by atoms with Crippen molar-refractivity contribution in [1.82, 2.24) is 5.32 Å². The number of hydrogen-bond donors (Lipinski definition) is 1. The number of hydrogen-bond acceptors (Lipinski definition) is 2. The van der Waals surface area contributed by atoms with Crippen molar-refractivity contribution in [3.8, 4) is 0 Å². The van der Waals surface area contributed by atoms with Crippen LogP contribution in [0.3, 0.4) is 0 Å². The molecule has 1 aromatic rings. The van der Waals surface area contributed by atoms with Crippen LogP contribution in [0.1, 0.15) is 40.2 Å². The lowest BCUT2D eigenvalue weighted by molar-refractivity contribution is 0.0506. The first-order valence-electron chi connectivity index (χ1n) is 6.94. The molecule has 110 valence electrons. The molecule has 0 heterocycles. The molecule has 0 bridgehead atoms. The van der Waals surface area contributed by atoms with E-state index in [-0.39, 0.29) is 12.0 Å². The van der Waals surface area contributed by atoms with E-state index in [2.05, 4.69) is 25.7 Å². The summed E-state index contributed by atoms with van der Waals surface area (Å²) in [5, 5.41) is 2.91. The van der Waals surface area contributed by atoms with Gasteiger partial charge in [0.15, 0.2) is 0 Å². The van der Waals surface area contributed by atoms with Gasteiger partial charge in [-0.3, -0.25) is 0 Å². The SMILES string of the molecule is C=C(c1ccccc1)C(NC(=O)OC(C)(C)C)C(C)C. The molecule has 0 aromatic heterocycles. The van der Waals surface area contributed by atoms with E-state index in [1.165, 1.54) is 0 Å². The van der Waals surface area contributed by atoms with Crippen LogP contribution in [0.2, 0.25) is 0 Å². The summed E-state index contributed by atoms with van der Waals surface area (Å²) in [6.45, 7) is 13.8. The van der Waals surface area contributed by atoms with Crippen LogP contribution in [-0.2, 0) is 4.74 Å². The standard InChI is InChI=1S/C17H25NO2/c1-12(2)15(18-16(19)20-17(4,5)6)13(3)14-10-8-7-9-11-14/h7-12,15H,3H2,1-2,4-6H3,(H,18,19). The number of nitrogens with one attached hydrogen (secondary N) is 1. The Labute approximate surface area is 122 Å². The van der Waals surface area contributed by atoms with Crippen LogP contribution in [0.25, 0.3) is 5.57 Å². The molecule has 0 radical (unpaired) electrons. The second-order valence-electron chi connectivity index (χ2n) is 6.26.